The lowest BCUT2D eigenvalue weighted by molar-refractivity contribution is 0.467. The van der Waals surface area contributed by atoms with E-state index in [2.05, 4.69) is 6.92 Å². The first kappa shape index (κ1) is 12.6. The van der Waals surface area contributed by atoms with Crippen LogP contribution in [0.15, 0.2) is 42.5 Å². The van der Waals surface area contributed by atoms with Gasteiger partial charge in [0.2, 0.25) is 0 Å². The standard InChI is InChI=1S/C15H16FNO/c1-2-11-6-8-12(9-7-11)18-15-5-3-4-14(16)13(15)10-17/h3-9H,2,10,17H2,1H3. The van der Waals surface area contributed by atoms with Gasteiger partial charge in [0.25, 0.3) is 0 Å². The van der Waals surface area contributed by atoms with E-state index < -0.39 is 0 Å². The molecule has 0 radical (unpaired) electrons. The Morgan fingerprint density at radius 3 is 2.44 bits per heavy atom. The summed E-state index contributed by atoms with van der Waals surface area (Å²) in [7, 11) is 0. The van der Waals surface area contributed by atoms with Gasteiger partial charge in [-0.25, -0.2) is 4.39 Å². The lowest BCUT2D eigenvalue weighted by Gasteiger charge is -2.10. The van der Waals surface area contributed by atoms with Crippen LogP contribution in [0.4, 0.5) is 4.39 Å². The molecule has 2 aromatic carbocycles. The van der Waals surface area contributed by atoms with E-state index in [1.165, 1.54) is 11.6 Å². The maximum atomic E-state index is 13.5. The van der Waals surface area contributed by atoms with Crippen LogP contribution in [0.3, 0.4) is 0 Å². The average Bonchev–Trinajstić information content (AvgIpc) is 2.40. The van der Waals surface area contributed by atoms with Gasteiger partial charge < -0.3 is 10.5 Å². The predicted octanol–water partition coefficient (Wildman–Crippen LogP) is 3.64. The van der Waals surface area contributed by atoms with Crippen molar-refractivity contribution in [3.63, 3.8) is 0 Å². The molecule has 94 valence electrons. The highest BCUT2D eigenvalue weighted by Gasteiger charge is 2.08. The normalized spacial score (nSPS) is 10.4. The second-order valence-electron chi connectivity index (χ2n) is 4.02. The van der Waals surface area contributed by atoms with Gasteiger partial charge in [-0.1, -0.05) is 25.1 Å². The van der Waals surface area contributed by atoms with E-state index in [9.17, 15) is 4.39 Å². The van der Waals surface area contributed by atoms with Crippen molar-refractivity contribution in [1.29, 1.82) is 0 Å². The zero-order valence-corrected chi connectivity index (χ0v) is 10.3. The average molecular weight is 245 g/mol. The Labute approximate surface area is 106 Å². The van der Waals surface area contributed by atoms with Gasteiger partial charge in [-0.3, -0.25) is 0 Å². The van der Waals surface area contributed by atoms with Gasteiger partial charge in [-0.15, -0.1) is 0 Å². The Hall–Kier alpha value is -1.87. The number of halogens is 1. The minimum atomic E-state index is -0.333. The molecular weight excluding hydrogens is 229 g/mol. The molecule has 0 heterocycles. The quantitative estimate of drug-likeness (QED) is 0.892. The smallest absolute Gasteiger partial charge is 0.134 e. The fourth-order valence-electron chi connectivity index (χ4n) is 1.75. The van der Waals surface area contributed by atoms with Gasteiger partial charge in [-0.05, 0) is 36.2 Å². The molecule has 0 fully saturated rings. The highest BCUT2D eigenvalue weighted by atomic mass is 19.1. The lowest BCUT2D eigenvalue weighted by Crippen LogP contribution is -2.02. The van der Waals surface area contributed by atoms with Crippen molar-refractivity contribution in [2.45, 2.75) is 19.9 Å². The van der Waals surface area contributed by atoms with Crippen LogP contribution in [0.2, 0.25) is 0 Å². The number of hydrogen-bond acceptors (Lipinski definition) is 2. The van der Waals surface area contributed by atoms with Gasteiger partial charge in [-0.2, -0.15) is 0 Å². The summed E-state index contributed by atoms with van der Waals surface area (Å²) in [6.45, 7) is 2.21. The third-order valence-corrected chi connectivity index (χ3v) is 2.84. The van der Waals surface area contributed by atoms with Gasteiger partial charge in [0.1, 0.15) is 17.3 Å². The Morgan fingerprint density at radius 2 is 1.83 bits per heavy atom. The number of rotatable bonds is 4. The molecule has 0 amide bonds. The molecule has 0 aromatic heterocycles. The molecule has 18 heavy (non-hydrogen) atoms. The highest BCUT2D eigenvalue weighted by molar-refractivity contribution is 5.39. The van der Waals surface area contributed by atoms with Crippen LogP contribution in [0.5, 0.6) is 11.5 Å². The molecule has 0 atom stereocenters. The maximum absolute atomic E-state index is 13.5. The van der Waals surface area contributed by atoms with Gasteiger partial charge >= 0.3 is 0 Å². The van der Waals surface area contributed by atoms with Crippen molar-refractivity contribution >= 4 is 0 Å². The molecule has 2 aromatic rings. The molecule has 3 heteroatoms. The third-order valence-electron chi connectivity index (χ3n) is 2.84. The molecule has 0 saturated heterocycles. The molecule has 0 unspecified atom stereocenters. The Morgan fingerprint density at radius 1 is 1.11 bits per heavy atom. The zero-order chi connectivity index (χ0) is 13.0. The summed E-state index contributed by atoms with van der Waals surface area (Å²) < 4.78 is 19.2. The summed E-state index contributed by atoms with van der Waals surface area (Å²) in [4.78, 5) is 0. The van der Waals surface area contributed by atoms with Crippen LogP contribution < -0.4 is 10.5 Å². The summed E-state index contributed by atoms with van der Waals surface area (Å²) in [5, 5.41) is 0. The molecule has 0 spiro atoms. The Balaban J connectivity index is 2.25. The minimum Gasteiger partial charge on any atom is -0.457 e. The van der Waals surface area contributed by atoms with Crippen LogP contribution in [0, 0.1) is 5.82 Å². The minimum absolute atomic E-state index is 0.120. The maximum Gasteiger partial charge on any atom is 0.134 e. The first-order valence-electron chi connectivity index (χ1n) is 5.99. The van der Waals surface area contributed by atoms with E-state index in [-0.39, 0.29) is 12.4 Å². The summed E-state index contributed by atoms with van der Waals surface area (Å²) in [6.07, 6.45) is 0.980. The second-order valence-corrected chi connectivity index (χ2v) is 4.02. The predicted molar refractivity (Wildman–Crippen MR) is 70.2 cm³/mol. The fraction of sp³-hybridized carbons (Fsp3) is 0.200. The topological polar surface area (TPSA) is 35.2 Å². The zero-order valence-electron chi connectivity index (χ0n) is 10.3. The summed E-state index contributed by atoms with van der Waals surface area (Å²) in [5.41, 5.74) is 7.17. The third kappa shape index (κ3) is 2.68. The number of aryl methyl sites for hydroxylation is 1. The van der Waals surface area contributed by atoms with Crippen LogP contribution in [0.1, 0.15) is 18.1 Å². The van der Waals surface area contributed by atoms with Gasteiger partial charge in [0, 0.05) is 12.1 Å². The Kier molecular flexibility index (Phi) is 3.95. The molecule has 0 saturated carbocycles. The molecule has 0 aliphatic rings. The molecule has 2 N–H and O–H groups in total. The molecule has 2 nitrogen and oxygen atoms in total. The first-order chi connectivity index (χ1) is 8.74. The lowest BCUT2D eigenvalue weighted by atomic mass is 10.1. The number of nitrogens with two attached hydrogens (primary N) is 1. The second kappa shape index (κ2) is 5.65. The van der Waals surface area contributed by atoms with Crippen LogP contribution in [-0.4, -0.2) is 0 Å². The molecule has 0 bridgehead atoms. The van der Waals surface area contributed by atoms with E-state index in [4.69, 9.17) is 10.5 Å². The number of hydrogen-bond donors (Lipinski definition) is 1. The van der Waals surface area contributed by atoms with Crippen LogP contribution in [0.25, 0.3) is 0 Å². The van der Waals surface area contributed by atoms with Gasteiger partial charge in [0.05, 0.1) is 0 Å². The van der Waals surface area contributed by atoms with Crippen molar-refractivity contribution in [3.8, 4) is 11.5 Å². The fourth-order valence-corrected chi connectivity index (χ4v) is 1.75. The summed E-state index contributed by atoms with van der Waals surface area (Å²) in [5.74, 6) is 0.828. The molecule has 0 aliphatic carbocycles. The molecule has 2 rings (SSSR count). The van der Waals surface area contributed by atoms with Crippen LogP contribution >= 0.6 is 0 Å². The largest absolute Gasteiger partial charge is 0.457 e. The first-order valence-corrected chi connectivity index (χ1v) is 5.99. The van der Waals surface area contributed by atoms with E-state index >= 15 is 0 Å². The van der Waals surface area contributed by atoms with E-state index in [0.717, 1.165) is 6.42 Å². The highest BCUT2D eigenvalue weighted by Crippen LogP contribution is 2.27. The number of ether oxygens (including phenoxy) is 1. The van der Waals surface area contributed by atoms with E-state index in [0.29, 0.717) is 17.1 Å². The van der Waals surface area contributed by atoms with Crippen molar-refractivity contribution in [1.82, 2.24) is 0 Å². The van der Waals surface area contributed by atoms with Crippen molar-refractivity contribution in [2.75, 3.05) is 0 Å². The van der Waals surface area contributed by atoms with E-state index in [1.807, 2.05) is 24.3 Å². The van der Waals surface area contributed by atoms with Crippen molar-refractivity contribution < 1.29 is 9.13 Å². The molecular formula is C15H16FNO. The summed E-state index contributed by atoms with van der Waals surface area (Å²) in [6, 6.07) is 12.5. The number of benzene rings is 2. The van der Waals surface area contributed by atoms with Gasteiger partial charge in [0.15, 0.2) is 0 Å². The SMILES string of the molecule is CCc1ccc(Oc2cccc(F)c2CN)cc1. The monoisotopic (exact) mass is 245 g/mol. The summed E-state index contributed by atoms with van der Waals surface area (Å²) >= 11 is 0. The van der Waals surface area contributed by atoms with Crippen molar-refractivity contribution in [2.24, 2.45) is 5.73 Å². The molecule has 0 aliphatic heterocycles. The Bertz CT molecular complexity index is 523. The van der Waals surface area contributed by atoms with E-state index in [1.54, 1.807) is 12.1 Å². The van der Waals surface area contributed by atoms with Crippen molar-refractivity contribution in [3.05, 3.63) is 59.4 Å². The van der Waals surface area contributed by atoms with Crippen LogP contribution in [-0.2, 0) is 13.0 Å².